The molecule has 2 atom stereocenters. The molecule has 2 aromatic rings. The summed E-state index contributed by atoms with van der Waals surface area (Å²) in [5.41, 5.74) is -1.70. The number of ether oxygens (including phenoxy) is 2. The summed E-state index contributed by atoms with van der Waals surface area (Å²) in [7, 11) is 1.45. The number of cyclic esters (lactones) is 1. The Bertz CT molecular complexity index is 1480. The summed E-state index contributed by atoms with van der Waals surface area (Å²) in [6, 6.07) is 2.13. The van der Waals surface area contributed by atoms with Gasteiger partial charge in [-0.05, 0) is 98.4 Å². The first-order valence-corrected chi connectivity index (χ1v) is 14.4. The van der Waals surface area contributed by atoms with E-state index in [1.807, 2.05) is 6.07 Å². The zero-order valence-corrected chi connectivity index (χ0v) is 25.8. The van der Waals surface area contributed by atoms with E-state index in [1.165, 1.54) is 18.9 Å². The van der Waals surface area contributed by atoms with Crippen LogP contribution in [0.4, 0.5) is 31.1 Å². The fraction of sp³-hybridized carbons (Fsp3) is 0.531. The summed E-state index contributed by atoms with van der Waals surface area (Å²) >= 11 is 0. The van der Waals surface area contributed by atoms with Crippen molar-refractivity contribution in [1.82, 2.24) is 9.88 Å². The van der Waals surface area contributed by atoms with Crippen molar-refractivity contribution in [1.29, 1.82) is 0 Å². The third-order valence-electron chi connectivity index (χ3n) is 8.51. The molecule has 45 heavy (non-hydrogen) atoms. The molecule has 1 N–H and O–H groups in total. The number of amides is 1. The van der Waals surface area contributed by atoms with Gasteiger partial charge < -0.3 is 14.6 Å². The van der Waals surface area contributed by atoms with Gasteiger partial charge in [0.1, 0.15) is 6.10 Å². The molecule has 0 radical (unpaired) electrons. The van der Waals surface area contributed by atoms with Crippen LogP contribution >= 0.6 is 0 Å². The maximum atomic E-state index is 13.5. The lowest BCUT2D eigenvalue weighted by Crippen LogP contribution is -2.35. The van der Waals surface area contributed by atoms with Gasteiger partial charge in [0.2, 0.25) is 5.88 Å². The number of carboxylic acid groups (broad SMARTS) is 1. The molecule has 0 spiro atoms. The molecule has 1 saturated heterocycles. The molecule has 2 aliphatic rings. The number of carbonyl (C=O) groups is 2. The van der Waals surface area contributed by atoms with Gasteiger partial charge in [0.05, 0.1) is 29.7 Å². The number of hydrogen-bond donors (Lipinski definition) is 1. The Hall–Kier alpha value is -3.77. The van der Waals surface area contributed by atoms with Crippen LogP contribution in [-0.2, 0) is 28.3 Å². The van der Waals surface area contributed by atoms with Crippen molar-refractivity contribution in [2.24, 2.45) is 10.8 Å². The van der Waals surface area contributed by atoms with E-state index >= 15 is 0 Å². The Morgan fingerprint density at radius 1 is 1.09 bits per heavy atom. The molecule has 4 rings (SSSR count). The summed E-state index contributed by atoms with van der Waals surface area (Å²) in [4.78, 5) is 30.6. The van der Waals surface area contributed by atoms with Gasteiger partial charge in [-0.2, -0.15) is 26.3 Å². The highest BCUT2D eigenvalue weighted by atomic mass is 19.4. The van der Waals surface area contributed by atoms with E-state index in [1.54, 1.807) is 20.0 Å². The summed E-state index contributed by atoms with van der Waals surface area (Å²) in [6.45, 7) is 8.85. The number of carboxylic acids is 1. The fourth-order valence-corrected chi connectivity index (χ4v) is 5.95. The minimum atomic E-state index is -5.05. The number of rotatable bonds is 8. The average Bonchev–Trinajstić information content (AvgIpc) is 3.19. The monoisotopic (exact) mass is 642 g/mol. The lowest BCUT2D eigenvalue weighted by atomic mass is 9.72. The highest BCUT2D eigenvalue weighted by molar-refractivity contribution is 5.77. The standard InChI is InChI=1S/C32H36F6N2O5/c1-17-25(19-10-21(31(33,34)35)12-22(11-19)32(36,37)38)45-28(43)40(17)16-20-14-29(2,3)8-7-23(20)24-9-18(15-39-26(24)44-6)13-30(4,5)27(41)42/h9-12,15,17,25H,7-8,13-14,16H2,1-6H3,(H,41,42)/t17-,25-/m0/s1. The molecule has 246 valence electrons. The van der Waals surface area contributed by atoms with Gasteiger partial charge >= 0.3 is 24.4 Å². The zero-order chi connectivity index (χ0) is 33.7. The minimum Gasteiger partial charge on any atom is -0.481 e. The van der Waals surface area contributed by atoms with Gasteiger partial charge in [0, 0.05) is 18.3 Å². The van der Waals surface area contributed by atoms with Crippen molar-refractivity contribution < 1.29 is 50.5 Å². The molecular weight excluding hydrogens is 606 g/mol. The summed E-state index contributed by atoms with van der Waals surface area (Å²) in [5.74, 6) is -0.670. The van der Waals surface area contributed by atoms with E-state index in [4.69, 9.17) is 9.47 Å². The van der Waals surface area contributed by atoms with Crippen LogP contribution in [0, 0.1) is 10.8 Å². The van der Waals surface area contributed by atoms with Crippen LogP contribution in [0.1, 0.15) is 87.8 Å². The number of pyridine rings is 1. The number of aliphatic carboxylic acids is 1. The predicted molar refractivity (Wildman–Crippen MR) is 152 cm³/mol. The third kappa shape index (κ3) is 7.38. The van der Waals surface area contributed by atoms with Crippen LogP contribution in [0.5, 0.6) is 5.88 Å². The Kier molecular flexibility index (Phi) is 9.00. The third-order valence-corrected chi connectivity index (χ3v) is 8.51. The van der Waals surface area contributed by atoms with Crippen molar-refractivity contribution in [3.63, 3.8) is 0 Å². The first-order chi connectivity index (χ1) is 20.6. The van der Waals surface area contributed by atoms with Crippen LogP contribution in [0.3, 0.4) is 0 Å². The summed E-state index contributed by atoms with van der Waals surface area (Å²) in [5, 5.41) is 9.63. The van der Waals surface area contributed by atoms with E-state index in [0.717, 1.165) is 17.6 Å². The molecule has 13 heteroatoms. The molecule has 0 bridgehead atoms. The minimum absolute atomic E-state index is 0.00829. The summed E-state index contributed by atoms with van der Waals surface area (Å²) in [6.07, 6.45) is -8.73. The lowest BCUT2D eigenvalue weighted by molar-refractivity contribution is -0.147. The van der Waals surface area contributed by atoms with Gasteiger partial charge in [0.15, 0.2) is 0 Å². The first kappa shape index (κ1) is 34.1. The Morgan fingerprint density at radius 2 is 1.69 bits per heavy atom. The number of aromatic nitrogens is 1. The summed E-state index contributed by atoms with van der Waals surface area (Å²) < 4.78 is 92.2. The number of benzene rings is 1. The zero-order valence-electron chi connectivity index (χ0n) is 25.8. The number of halogens is 6. The highest BCUT2D eigenvalue weighted by Crippen LogP contribution is 2.46. The van der Waals surface area contributed by atoms with Crippen molar-refractivity contribution in [2.75, 3.05) is 13.7 Å². The molecule has 0 saturated carbocycles. The number of nitrogens with zero attached hydrogens (tertiary/aromatic N) is 2. The van der Waals surface area contributed by atoms with Crippen LogP contribution < -0.4 is 4.74 Å². The van der Waals surface area contributed by atoms with E-state index < -0.39 is 58.7 Å². The molecule has 1 amide bonds. The van der Waals surface area contributed by atoms with E-state index in [0.29, 0.717) is 42.0 Å². The quantitative estimate of drug-likeness (QED) is 0.292. The second-order valence-corrected chi connectivity index (χ2v) is 13.2. The van der Waals surface area contributed by atoms with E-state index in [9.17, 15) is 41.0 Å². The van der Waals surface area contributed by atoms with Gasteiger partial charge in [-0.1, -0.05) is 13.8 Å². The molecule has 1 aromatic heterocycles. The molecule has 1 aliphatic carbocycles. The van der Waals surface area contributed by atoms with Gasteiger partial charge in [-0.3, -0.25) is 9.69 Å². The normalized spacial score (nSPS) is 20.8. The van der Waals surface area contributed by atoms with Crippen LogP contribution in [0.15, 0.2) is 36.0 Å². The number of hydrogen-bond acceptors (Lipinski definition) is 5. The van der Waals surface area contributed by atoms with Crippen molar-refractivity contribution in [3.8, 4) is 5.88 Å². The average molecular weight is 643 g/mol. The van der Waals surface area contributed by atoms with Crippen LogP contribution in [0.2, 0.25) is 0 Å². The number of alkyl halides is 6. The molecule has 1 fully saturated rings. The highest BCUT2D eigenvalue weighted by Gasteiger charge is 2.44. The topological polar surface area (TPSA) is 89.0 Å². The molecule has 1 aliphatic heterocycles. The molecule has 2 heterocycles. The first-order valence-electron chi connectivity index (χ1n) is 14.4. The second-order valence-electron chi connectivity index (χ2n) is 13.2. The maximum absolute atomic E-state index is 13.5. The van der Waals surface area contributed by atoms with Gasteiger partial charge in [-0.15, -0.1) is 0 Å². The number of allylic oxidation sites excluding steroid dienone is 1. The lowest BCUT2D eigenvalue weighted by Gasteiger charge is -2.35. The predicted octanol–water partition coefficient (Wildman–Crippen LogP) is 8.33. The van der Waals surface area contributed by atoms with Crippen molar-refractivity contribution in [3.05, 3.63) is 63.9 Å². The largest absolute Gasteiger partial charge is 0.481 e. The van der Waals surface area contributed by atoms with Gasteiger partial charge in [0.25, 0.3) is 0 Å². The van der Waals surface area contributed by atoms with E-state index in [-0.39, 0.29) is 24.4 Å². The fourth-order valence-electron chi connectivity index (χ4n) is 5.95. The molecule has 0 unspecified atom stereocenters. The van der Waals surface area contributed by atoms with Crippen molar-refractivity contribution >= 4 is 17.6 Å². The van der Waals surface area contributed by atoms with Crippen LogP contribution in [-0.4, -0.2) is 46.7 Å². The number of methoxy groups -OCH3 is 1. The Balaban J connectivity index is 1.75. The molecule has 1 aromatic carbocycles. The second kappa shape index (κ2) is 11.9. The van der Waals surface area contributed by atoms with E-state index in [2.05, 4.69) is 18.8 Å². The smallest absolute Gasteiger partial charge is 0.416 e. The van der Waals surface area contributed by atoms with Crippen molar-refractivity contribution in [2.45, 2.75) is 84.8 Å². The Labute approximate surface area is 257 Å². The molecular formula is C32H36F6N2O5. The molecule has 7 nitrogen and oxygen atoms in total. The van der Waals surface area contributed by atoms with Crippen LogP contribution in [0.25, 0.3) is 5.57 Å². The van der Waals surface area contributed by atoms with Gasteiger partial charge in [-0.25, -0.2) is 9.78 Å². The number of carbonyl (C=O) groups excluding carboxylic acids is 1. The Morgan fingerprint density at radius 3 is 2.22 bits per heavy atom. The maximum Gasteiger partial charge on any atom is 0.416 e. The SMILES string of the molecule is COc1ncc(CC(C)(C)C(=O)O)cc1C1=C(CN2C(=O)O[C@H](c3cc(C(F)(F)F)cc(C(F)(F)F)c3)[C@@H]2C)CC(C)(C)CC1.